The van der Waals surface area contributed by atoms with E-state index in [9.17, 15) is 20.0 Å². The van der Waals surface area contributed by atoms with Gasteiger partial charge in [0.1, 0.15) is 5.75 Å². The van der Waals surface area contributed by atoms with E-state index < -0.39 is 10.8 Å². The number of non-ortho nitro benzene ring substituents is 1. The van der Waals surface area contributed by atoms with Crippen LogP contribution in [-0.2, 0) is 0 Å². The Kier molecular flexibility index (Phi) is 3.60. The molecule has 1 heterocycles. The number of amides is 1. The van der Waals surface area contributed by atoms with Crippen molar-refractivity contribution < 1.29 is 14.8 Å². The van der Waals surface area contributed by atoms with Gasteiger partial charge in [-0.05, 0) is 24.6 Å². The van der Waals surface area contributed by atoms with E-state index in [1.54, 1.807) is 19.2 Å². The summed E-state index contributed by atoms with van der Waals surface area (Å²) in [6.45, 7) is 1.79. The van der Waals surface area contributed by atoms with Crippen LogP contribution in [-0.4, -0.2) is 20.9 Å². The third-order valence-corrected chi connectivity index (χ3v) is 2.58. The van der Waals surface area contributed by atoms with E-state index in [0.29, 0.717) is 5.56 Å². The molecule has 102 valence electrons. The molecule has 7 heteroatoms. The molecule has 0 unspecified atom stereocenters. The standard InChI is InChI=1S/C13H11N3O4/c1-8-4-9(7-14-6-8)13(18)15-11-5-10(16(19)20)2-3-12(11)17/h2-7,17H,1H3,(H,15,18). The number of aromatic hydroxyl groups is 1. The Balaban J connectivity index is 2.27. The number of anilines is 1. The number of nitrogens with zero attached hydrogens (tertiary/aromatic N) is 2. The fourth-order valence-corrected chi connectivity index (χ4v) is 1.61. The van der Waals surface area contributed by atoms with Crippen molar-refractivity contribution >= 4 is 17.3 Å². The number of nitrogens with one attached hydrogen (secondary N) is 1. The Hall–Kier alpha value is -2.96. The zero-order valence-electron chi connectivity index (χ0n) is 10.5. The van der Waals surface area contributed by atoms with E-state index in [-0.39, 0.29) is 17.1 Å². The lowest BCUT2D eigenvalue weighted by Crippen LogP contribution is -2.12. The summed E-state index contributed by atoms with van der Waals surface area (Å²) in [5, 5.41) is 22.7. The number of rotatable bonds is 3. The van der Waals surface area contributed by atoms with E-state index >= 15 is 0 Å². The van der Waals surface area contributed by atoms with Gasteiger partial charge in [0.2, 0.25) is 0 Å². The first-order valence-corrected chi connectivity index (χ1v) is 5.68. The molecule has 0 fully saturated rings. The smallest absolute Gasteiger partial charge is 0.271 e. The number of benzene rings is 1. The van der Waals surface area contributed by atoms with Gasteiger partial charge < -0.3 is 10.4 Å². The van der Waals surface area contributed by atoms with E-state index in [0.717, 1.165) is 23.8 Å². The maximum atomic E-state index is 12.0. The molecule has 1 aromatic carbocycles. The highest BCUT2D eigenvalue weighted by atomic mass is 16.6. The van der Waals surface area contributed by atoms with Crippen LogP contribution in [0.2, 0.25) is 0 Å². The van der Waals surface area contributed by atoms with Crippen LogP contribution >= 0.6 is 0 Å². The molecule has 0 saturated heterocycles. The van der Waals surface area contributed by atoms with Crippen molar-refractivity contribution in [2.24, 2.45) is 0 Å². The highest BCUT2D eigenvalue weighted by Crippen LogP contribution is 2.28. The minimum atomic E-state index is -0.608. The highest BCUT2D eigenvalue weighted by Gasteiger charge is 2.14. The average Bonchev–Trinajstić information content (AvgIpc) is 2.41. The summed E-state index contributed by atoms with van der Waals surface area (Å²) in [5.74, 6) is -0.749. The van der Waals surface area contributed by atoms with Crippen LogP contribution in [0.4, 0.5) is 11.4 Å². The first-order chi connectivity index (χ1) is 9.47. The first-order valence-electron chi connectivity index (χ1n) is 5.68. The Bertz CT molecular complexity index is 685. The molecule has 1 amide bonds. The van der Waals surface area contributed by atoms with Crippen LogP contribution < -0.4 is 5.32 Å². The van der Waals surface area contributed by atoms with Gasteiger partial charge in [-0.15, -0.1) is 0 Å². The van der Waals surface area contributed by atoms with Gasteiger partial charge in [0, 0.05) is 24.5 Å². The van der Waals surface area contributed by atoms with E-state index in [1.165, 1.54) is 6.20 Å². The molecular formula is C13H11N3O4. The highest BCUT2D eigenvalue weighted by molar-refractivity contribution is 6.05. The number of carbonyl (C=O) groups is 1. The number of phenolic OH excluding ortho intramolecular Hbond substituents is 1. The van der Waals surface area contributed by atoms with Crippen molar-refractivity contribution in [2.75, 3.05) is 5.32 Å². The molecule has 2 aromatic rings. The lowest BCUT2D eigenvalue weighted by atomic mass is 10.2. The molecule has 0 spiro atoms. The van der Waals surface area contributed by atoms with Gasteiger partial charge in [0.15, 0.2) is 0 Å². The fourth-order valence-electron chi connectivity index (χ4n) is 1.61. The molecule has 0 aliphatic heterocycles. The first kappa shape index (κ1) is 13.5. The number of hydrogen-bond acceptors (Lipinski definition) is 5. The van der Waals surface area contributed by atoms with E-state index in [4.69, 9.17) is 0 Å². The summed E-state index contributed by atoms with van der Waals surface area (Å²) in [7, 11) is 0. The topological polar surface area (TPSA) is 105 Å². The molecule has 1 aromatic heterocycles. The van der Waals surface area contributed by atoms with Crippen molar-refractivity contribution in [2.45, 2.75) is 6.92 Å². The second kappa shape index (κ2) is 5.35. The third kappa shape index (κ3) is 2.89. The summed E-state index contributed by atoms with van der Waals surface area (Å²) < 4.78 is 0. The lowest BCUT2D eigenvalue weighted by molar-refractivity contribution is -0.384. The number of nitro groups is 1. The summed E-state index contributed by atoms with van der Waals surface area (Å²) in [4.78, 5) is 25.9. The summed E-state index contributed by atoms with van der Waals surface area (Å²) in [6, 6.07) is 5.02. The predicted octanol–water partition coefficient (Wildman–Crippen LogP) is 2.26. The zero-order chi connectivity index (χ0) is 14.7. The van der Waals surface area contributed by atoms with Gasteiger partial charge in [0.05, 0.1) is 16.2 Å². The van der Waals surface area contributed by atoms with Crippen LogP contribution in [0.5, 0.6) is 5.75 Å². The van der Waals surface area contributed by atoms with Gasteiger partial charge >= 0.3 is 0 Å². The van der Waals surface area contributed by atoms with Crippen LogP contribution in [0.15, 0.2) is 36.7 Å². The SMILES string of the molecule is Cc1cncc(C(=O)Nc2cc([N+](=O)[O-])ccc2O)c1. The Labute approximate surface area is 114 Å². The zero-order valence-corrected chi connectivity index (χ0v) is 10.5. The summed E-state index contributed by atoms with van der Waals surface area (Å²) in [5.41, 5.74) is 0.864. The Morgan fingerprint density at radius 1 is 1.35 bits per heavy atom. The van der Waals surface area contributed by atoms with Crippen molar-refractivity contribution in [3.05, 3.63) is 57.9 Å². The predicted molar refractivity (Wildman–Crippen MR) is 71.7 cm³/mol. The van der Waals surface area contributed by atoms with Crippen molar-refractivity contribution in [3.8, 4) is 5.75 Å². The number of phenols is 1. The Morgan fingerprint density at radius 2 is 2.10 bits per heavy atom. The minimum Gasteiger partial charge on any atom is -0.506 e. The molecule has 0 aliphatic carbocycles. The van der Waals surface area contributed by atoms with E-state index in [2.05, 4.69) is 10.3 Å². The average molecular weight is 273 g/mol. The minimum absolute atomic E-state index is 0.0225. The van der Waals surface area contributed by atoms with Crippen LogP contribution in [0.3, 0.4) is 0 Å². The van der Waals surface area contributed by atoms with Crippen molar-refractivity contribution in [1.29, 1.82) is 0 Å². The Morgan fingerprint density at radius 3 is 2.75 bits per heavy atom. The van der Waals surface area contributed by atoms with Crippen molar-refractivity contribution in [1.82, 2.24) is 4.98 Å². The lowest BCUT2D eigenvalue weighted by Gasteiger charge is -2.07. The number of aromatic nitrogens is 1. The quantitative estimate of drug-likeness (QED) is 0.507. The van der Waals surface area contributed by atoms with Crippen LogP contribution in [0, 0.1) is 17.0 Å². The number of hydrogen-bond donors (Lipinski definition) is 2. The molecule has 0 bridgehead atoms. The normalized spacial score (nSPS) is 10.1. The molecule has 20 heavy (non-hydrogen) atoms. The molecular weight excluding hydrogens is 262 g/mol. The van der Waals surface area contributed by atoms with E-state index in [1.807, 2.05) is 0 Å². The molecule has 0 atom stereocenters. The monoisotopic (exact) mass is 273 g/mol. The molecule has 0 aliphatic rings. The number of nitro benzene ring substituents is 1. The third-order valence-electron chi connectivity index (χ3n) is 2.58. The summed E-state index contributed by atoms with van der Waals surface area (Å²) >= 11 is 0. The second-order valence-corrected chi connectivity index (χ2v) is 4.16. The number of carbonyl (C=O) groups excluding carboxylic acids is 1. The largest absolute Gasteiger partial charge is 0.506 e. The number of aryl methyl sites for hydroxylation is 1. The molecule has 0 saturated carbocycles. The maximum absolute atomic E-state index is 12.0. The van der Waals surface area contributed by atoms with Gasteiger partial charge in [-0.25, -0.2) is 0 Å². The van der Waals surface area contributed by atoms with Crippen LogP contribution in [0.25, 0.3) is 0 Å². The van der Waals surface area contributed by atoms with Gasteiger partial charge in [-0.3, -0.25) is 19.9 Å². The maximum Gasteiger partial charge on any atom is 0.271 e. The molecule has 7 nitrogen and oxygen atoms in total. The van der Waals surface area contributed by atoms with Crippen molar-refractivity contribution in [3.63, 3.8) is 0 Å². The van der Waals surface area contributed by atoms with Gasteiger partial charge in [-0.1, -0.05) is 0 Å². The van der Waals surface area contributed by atoms with Crippen LogP contribution in [0.1, 0.15) is 15.9 Å². The fraction of sp³-hybridized carbons (Fsp3) is 0.0769. The summed E-state index contributed by atoms with van der Waals surface area (Å²) in [6.07, 6.45) is 2.97. The molecule has 2 N–H and O–H groups in total. The number of pyridine rings is 1. The second-order valence-electron chi connectivity index (χ2n) is 4.16. The van der Waals surface area contributed by atoms with Gasteiger partial charge in [0.25, 0.3) is 11.6 Å². The molecule has 2 rings (SSSR count). The molecule has 0 radical (unpaired) electrons. The van der Waals surface area contributed by atoms with Gasteiger partial charge in [-0.2, -0.15) is 0 Å².